The molecular formula is C14H14ClN5O2. The Balaban J connectivity index is 1.57. The zero-order valence-electron chi connectivity index (χ0n) is 11.6. The molecule has 0 bridgehead atoms. The molecule has 1 aromatic heterocycles. The van der Waals surface area contributed by atoms with Crippen LogP contribution in [-0.4, -0.2) is 20.9 Å². The lowest BCUT2D eigenvalue weighted by atomic mass is 10.1. The molecule has 1 aliphatic rings. The Bertz CT molecular complexity index is 704. The van der Waals surface area contributed by atoms with Crippen LogP contribution in [0.3, 0.4) is 0 Å². The first-order valence-corrected chi connectivity index (χ1v) is 7.08. The summed E-state index contributed by atoms with van der Waals surface area (Å²) in [7, 11) is 0. The van der Waals surface area contributed by atoms with Gasteiger partial charge in [0, 0.05) is 5.02 Å². The number of carbonyl (C=O) groups is 1. The molecule has 1 saturated carbocycles. The Morgan fingerprint density at radius 1 is 1.27 bits per heavy atom. The SMILES string of the molecule is Nc1nc(N)nc(COC(=O)[C@H]2C[C@H]2c2cccc(Cl)c2)n1. The topological polar surface area (TPSA) is 117 Å². The minimum atomic E-state index is -0.289. The van der Waals surface area contributed by atoms with Crippen molar-refractivity contribution < 1.29 is 9.53 Å². The number of esters is 1. The lowest BCUT2D eigenvalue weighted by Crippen LogP contribution is -2.12. The highest BCUT2D eigenvalue weighted by molar-refractivity contribution is 6.30. The maximum atomic E-state index is 12.0. The number of anilines is 2. The smallest absolute Gasteiger partial charge is 0.310 e. The molecule has 2 aromatic rings. The van der Waals surface area contributed by atoms with E-state index in [-0.39, 0.29) is 42.1 Å². The monoisotopic (exact) mass is 319 g/mol. The van der Waals surface area contributed by atoms with E-state index in [0.29, 0.717) is 5.02 Å². The van der Waals surface area contributed by atoms with Gasteiger partial charge >= 0.3 is 5.97 Å². The molecule has 0 radical (unpaired) electrons. The number of hydrogen-bond acceptors (Lipinski definition) is 7. The Morgan fingerprint density at radius 3 is 2.68 bits per heavy atom. The van der Waals surface area contributed by atoms with Gasteiger partial charge in [0.05, 0.1) is 5.92 Å². The molecule has 1 heterocycles. The van der Waals surface area contributed by atoms with E-state index in [1.54, 1.807) is 6.07 Å². The minimum Gasteiger partial charge on any atom is -0.457 e. The molecule has 114 valence electrons. The summed E-state index contributed by atoms with van der Waals surface area (Å²) >= 11 is 5.95. The molecule has 1 fully saturated rings. The van der Waals surface area contributed by atoms with E-state index in [9.17, 15) is 4.79 Å². The maximum absolute atomic E-state index is 12.0. The van der Waals surface area contributed by atoms with E-state index >= 15 is 0 Å². The summed E-state index contributed by atoms with van der Waals surface area (Å²) in [5.41, 5.74) is 12.0. The van der Waals surface area contributed by atoms with Crippen LogP contribution in [0, 0.1) is 5.92 Å². The van der Waals surface area contributed by atoms with Crippen LogP contribution in [0.1, 0.15) is 23.7 Å². The second-order valence-corrected chi connectivity index (χ2v) is 5.52. The Labute approximate surface area is 131 Å². The number of hydrogen-bond donors (Lipinski definition) is 2. The normalized spacial score (nSPS) is 19.7. The highest BCUT2D eigenvalue weighted by Gasteiger charge is 2.45. The van der Waals surface area contributed by atoms with Gasteiger partial charge in [-0.15, -0.1) is 0 Å². The highest BCUT2D eigenvalue weighted by Crippen LogP contribution is 2.48. The zero-order valence-corrected chi connectivity index (χ0v) is 12.3. The number of nitrogens with two attached hydrogens (primary N) is 2. The van der Waals surface area contributed by atoms with Crippen LogP contribution in [0.2, 0.25) is 5.02 Å². The molecule has 0 aliphatic heterocycles. The van der Waals surface area contributed by atoms with Gasteiger partial charge in [-0.3, -0.25) is 4.79 Å². The summed E-state index contributed by atoms with van der Waals surface area (Å²) in [6, 6.07) is 7.50. The Morgan fingerprint density at radius 2 is 2.00 bits per heavy atom. The van der Waals surface area contributed by atoms with Gasteiger partial charge in [0.1, 0.15) is 0 Å². The van der Waals surface area contributed by atoms with Crippen LogP contribution in [0.25, 0.3) is 0 Å². The van der Waals surface area contributed by atoms with Crippen molar-refractivity contribution in [1.82, 2.24) is 15.0 Å². The lowest BCUT2D eigenvalue weighted by Gasteiger charge is -2.05. The van der Waals surface area contributed by atoms with Gasteiger partial charge in [-0.2, -0.15) is 15.0 Å². The Kier molecular flexibility index (Phi) is 3.81. The number of ether oxygens (including phenoxy) is 1. The quantitative estimate of drug-likeness (QED) is 0.821. The van der Waals surface area contributed by atoms with Crippen molar-refractivity contribution in [2.24, 2.45) is 5.92 Å². The molecule has 3 rings (SSSR count). The van der Waals surface area contributed by atoms with Gasteiger partial charge in [-0.1, -0.05) is 23.7 Å². The van der Waals surface area contributed by atoms with Crippen molar-refractivity contribution in [3.8, 4) is 0 Å². The molecule has 0 amide bonds. The molecule has 22 heavy (non-hydrogen) atoms. The van der Waals surface area contributed by atoms with Crippen molar-refractivity contribution in [2.75, 3.05) is 11.5 Å². The fourth-order valence-corrected chi connectivity index (χ4v) is 2.52. The van der Waals surface area contributed by atoms with Crippen LogP contribution >= 0.6 is 11.6 Å². The van der Waals surface area contributed by atoms with Gasteiger partial charge in [0.2, 0.25) is 11.9 Å². The zero-order chi connectivity index (χ0) is 15.7. The lowest BCUT2D eigenvalue weighted by molar-refractivity contribution is -0.146. The number of nitrogens with zero attached hydrogens (tertiary/aromatic N) is 3. The van der Waals surface area contributed by atoms with Crippen LogP contribution < -0.4 is 11.5 Å². The van der Waals surface area contributed by atoms with Gasteiger partial charge in [-0.05, 0) is 30.0 Å². The molecule has 7 nitrogen and oxygen atoms in total. The molecule has 2 atom stereocenters. The molecule has 1 aliphatic carbocycles. The average molecular weight is 320 g/mol. The van der Waals surface area contributed by atoms with E-state index in [1.165, 1.54) is 0 Å². The van der Waals surface area contributed by atoms with Crippen LogP contribution in [-0.2, 0) is 16.1 Å². The maximum Gasteiger partial charge on any atom is 0.310 e. The van der Waals surface area contributed by atoms with E-state index in [4.69, 9.17) is 27.8 Å². The first-order chi connectivity index (χ1) is 10.5. The van der Waals surface area contributed by atoms with Crippen molar-refractivity contribution in [2.45, 2.75) is 18.9 Å². The molecule has 4 N–H and O–H groups in total. The number of halogens is 1. The molecular weight excluding hydrogens is 306 g/mol. The number of rotatable bonds is 4. The van der Waals surface area contributed by atoms with Crippen LogP contribution in [0.15, 0.2) is 24.3 Å². The molecule has 1 aromatic carbocycles. The van der Waals surface area contributed by atoms with E-state index < -0.39 is 0 Å². The fraction of sp³-hybridized carbons (Fsp3) is 0.286. The van der Waals surface area contributed by atoms with Crippen molar-refractivity contribution in [3.05, 3.63) is 40.7 Å². The Hall–Kier alpha value is -2.41. The standard InChI is InChI=1S/C14H14ClN5O2/c15-8-3-1-2-7(4-8)9-5-10(9)12(21)22-6-11-18-13(16)20-14(17)19-11/h1-4,9-10H,5-6H2,(H4,16,17,18,19,20)/t9-,10-/m0/s1. The van der Waals surface area contributed by atoms with Gasteiger partial charge in [0.15, 0.2) is 12.4 Å². The van der Waals surface area contributed by atoms with Crippen molar-refractivity contribution >= 4 is 29.5 Å². The molecule has 0 saturated heterocycles. The van der Waals surface area contributed by atoms with Gasteiger partial charge < -0.3 is 16.2 Å². The summed E-state index contributed by atoms with van der Waals surface area (Å²) < 4.78 is 5.21. The van der Waals surface area contributed by atoms with Gasteiger partial charge in [-0.25, -0.2) is 0 Å². The van der Waals surface area contributed by atoms with Crippen molar-refractivity contribution in [1.29, 1.82) is 0 Å². The molecule has 0 unspecified atom stereocenters. The number of benzene rings is 1. The number of aromatic nitrogens is 3. The third-order valence-electron chi connectivity index (χ3n) is 3.43. The first kappa shape index (κ1) is 14.5. The van der Waals surface area contributed by atoms with Gasteiger partial charge in [0.25, 0.3) is 0 Å². The minimum absolute atomic E-state index is 0.00164. The fourth-order valence-electron chi connectivity index (χ4n) is 2.33. The van der Waals surface area contributed by atoms with Crippen LogP contribution in [0.4, 0.5) is 11.9 Å². The van der Waals surface area contributed by atoms with E-state index in [0.717, 1.165) is 12.0 Å². The number of carbonyl (C=O) groups excluding carboxylic acids is 1. The second kappa shape index (κ2) is 5.76. The number of nitrogen functional groups attached to an aromatic ring is 2. The van der Waals surface area contributed by atoms with Crippen LogP contribution in [0.5, 0.6) is 0 Å². The van der Waals surface area contributed by atoms with Crippen molar-refractivity contribution in [3.63, 3.8) is 0 Å². The third kappa shape index (κ3) is 3.25. The second-order valence-electron chi connectivity index (χ2n) is 5.08. The average Bonchev–Trinajstić information content (AvgIpc) is 3.24. The molecule has 0 spiro atoms. The summed E-state index contributed by atoms with van der Waals surface area (Å²) in [5.74, 6) is -0.0564. The summed E-state index contributed by atoms with van der Waals surface area (Å²) in [6.45, 7) is -0.0749. The highest BCUT2D eigenvalue weighted by atomic mass is 35.5. The molecule has 8 heteroatoms. The van der Waals surface area contributed by atoms with E-state index in [1.807, 2.05) is 18.2 Å². The first-order valence-electron chi connectivity index (χ1n) is 6.71. The predicted molar refractivity (Wildman–Crippen MR) is 80.7 cm³/mol. The predicted octanol–water partition coefficient (Wildman–Crippen LogP) is 1.54. The summed E-state index contributed by atoms with van der Waals surface area (Å²) in [5, 5.41) is 0.660. The third-order valence-corrected chi connectivity index (χ3v) is 3.66. The van der Waals surface area contributed by atoms with E-state index in [2.05, 4.69) is 15.0 Å². The largest absolute Gasteiger partial charge is 0.457 e. The summed E-state index contributed by atoms with van der Waals surface area (Å²) in [6.07, 6.45) is 0.751. The summed E-state index contributed by atoms with van der Waals surface area (Å²) in [4.78, 5) is 23.4.